The minimum atomic E-state index is -0.200. The predicted molar refractivity (Wildman–Crippen MR) is 147 cm³/mol. The smallest absolute Gasteiger partial charge is 0.231 e. The van der Waals surface area contributed by atoms with Gasteiger partial charge in [-0.1, -0.05) is 58.1 Å². The molecule has 2 aromatic heterocycles. The number of benzene rings is 2. The molecular formula is C27H34N4OS2. The second kappa shape index (κ2) is 13.3. The number of anilines is 1. The molecule has 0 radical (unpaired) electrons. The number of H-pyrrole nitrogens is 1. The molecule has 2 aromatic carbocycles. The number of aromatic nitrogens is 2. The Kier molecular flexibility index (Phi) is 10.2. The van der Waals surface area contributed by atoms with Crippen LogP contribution in [0, 0.1) is 0 Å². The number of nitrogens with zero attached hydrogens (tertiary/aromatic N) is 1. The number of carbonyl (C=O) groups excluding carboxylic acids is 1. The molecule has 0 bridgehead atoms. The van der Waals surface area contributed by atoms with E-state index in [4.69, 9.17) is 5.14 Å². The maximum Gasteiger partial charge on any atom is 0.231 e. The Balaban J connectivity index is 0.000000406. The van der Waals surface area contributed by atoms with Crippen LogP contribution in [0.5, 0.6) is 0 Å². The van der Waals surface area contributed by atoms with Gasteiger partial charge in [-0.15, -0.1) is 0 Å². The van der Waals surface area contributed by atoms with Crippen molar-refractivity contribution in [3.63, 3.8) is 0 Å². The molecule has 2 heterocycles. The summed E-state index contributed by atoms with van der Waals surface area (Å²) in [7, 11) is 0. The second-order valence-electron chi connectivity index (χ2n) is 8.31. The fourth-order valence-electron chi connectivity index (χ4n) is 3.63. The summed E-state index contributed by atoms with van der Waals surface area (Å²) in [6.07, 6.45) is 7.01. The largest absolute Gasteiger partial charge is 0.326 e. The SMILES string of the molecule is CC(C(=O)Nc1ccc2[nH]nc(-c3cccc(SN)c3)c2c1)c1ccsc1.CCCCCCC. The molecule has 1 amide bonds. The van der Waals surface area contributed by atoms with Gasteiger partial charge in [-0.25, -0.2) is 0 Å². The van der Waals surface area contributed by atoms with Crippen LogP contribution in [-0.2, 0) is 4.79 Å². The van der Waals surface area contributed by atoms with Gasteiger partial charge in [-0.2, -0.15) is 16.4 Å². The lowest BCUT2D eigenvalue weighted by molar-refractivity contribution is -0.117. The quantitative estimate of drug-likeness (QED) is 0.163. The van der Waals surface area contributed by atoms with Gasteiger partial charge >= 0.3 is 0 Å². The number of amides is 1. The van der Waals surface area contributed by atoms with E-state index in [1.54, 1.807) is 11.3 Å². The van der Waals surface area contributed by atoms with Crippen LogP contribution in [0.15, 0.2) is 64.2 Å². The summed E-state index contributed by atoms with van der Waals surface area (Å²) in [4.78, 5) is 13.5. The van der Waals surface area contributed by atoms with E-state index in [0.717, 1.165) is 38.3 Å². The van der Waals surface area contributed by atoms with E-state index in [0.29, 0.717) is 0 Å². The molecule has 4 N–H and O–H groups in total. The van der Waals surface area contributed by atoms with Crippen molar-refractivity contribution in [2.24, 2.45) is 5.14 Å². The fraction of sp³-hybridized carbons (Fsp3) is 0.333. The molecule has 7 heteroatoms. The zero-order chi connectivity index (χ0) is 24.3. The van der Waals surface area contributed by atoms with Crippen LogP contribution in [0.2, 0.25) is 0 Å². The van der Waals surface area contributed by atoms with Crippen LogP contribution >= 0.6 is 23.3 Å². The Morgan fingerprint density at radius 1 is 1.12 bits per heavy atom. The van der Waals surface area contributed by atoms with E-state index in [-0.39, 0.29) is 11.8 Å². The summed E-state index contributed by atoms with van der Waals surface area (Å²) in [5, 5.41) is 21.1. The lowest BCUT2D eigenvalue weighted by atomic mass is 10.0. The third-order valence-corrected chi connectivity index (χ3v) is 6.95. The van der Waals surface area contributed by atoms with Gasteiger partial charge in [0.2, 0.25) is 5.91 Å². The molecule has 34 heavy (non-hydrogen) atoms. The van der Waals surface area contributed by atoms with Gasteiger partial charge in [0.05, 0.1) is 11.4 Å². The summed E-state index contributed by atoms with van der Waals surface area (Å²) in [6, 6.07) is 15.7. The highest BCUT2D eigenvalue weighted by molar-refractivity contribution is 7.97. The van der Waals surface area contributed by atoms with Crippen LogP contribution in [0.1, 0.15) is 64.4 Å². The molecular weight excluding hydrogens is 460 g/mol. The Hall–Kier alpha value is -2.61. The van der Waals surface area contributed by atoms with Gasteiger partial charge in [0.1, 0.15) is 5.69 Å². The number of rotatable bonds is 9. The summed E-state index contributed by atoms with van der Waals surface area (Å²) in [6.45, 7) is 6.40. The van der Waals surface area contributed by atoms with E-state index < -0.39 is 0 Å². The van der Waals surface area contributed by atoms with E-state index >= 15 is 0 Å². The van der Waals surface area contributed by atoms with Gasteiger partial charge < -0.3 is 5.32 Å². The molecule has 1 unspecified atom stereocenters. The van der Waals surface area contributed by atoms with Crippen molar-refractivity contribution in [3.05, 3.63) is 64.9 Å². The fourth-order valence-corrected chi connectivity index (χ4v) is 4.73. The third kappa shape index (κ3) is 6.95. The predicted octanol–water partition coefficient (Wildman–Crippen LogP) is 7.98. The first-order valence-electron chi connectivity index (χ1n) is 11.9. The molecule has 0 saturated carbocycles. The Labute approximate surface area is 210 Å². The molecule has 180 valence electrons. The average molecular weight is 495 g/mol. The van der Waals surface area contributed by atoms with Crippen LogP contribution in [-0.4, -0.2) is 16.1 Å². The highest BCUT2D eigenvalue weighted by atomic mass is 32.2. The van der Waals surface area contributed by atoms with E-state index in [1.165, 1.54) is 44.1 Å². The highest BCUT2D eigenvalue weighted by Gasteiger charge is 2.16. The lowest BCUT2D eigenvalue weighted by Crippen LogP contribution is -2.18. The summed E-state index contributed by atoms with van der Waals surface area (Å²) in [5.41, 5.74) is 4.51. The van der Waals surface area contributed by atoms with Gasteiger partial charge in [0.15, 0.2) is 0 Å². The molecule has 0 fully saturated rings. The van der Waals surface area contributed by atoms with Crippen molar-refractivity contribution in [1.82, 2.24) is 10.2 Å². The number of fused-ring (bicyclic) bond motifs is 1. The molecule has 0 saturated heterocycles. The standard InChI is InChI=1S/C20H18N4OS2.C7H16/c1-12(14-7-8-26-11-14)20(25)22-15-5-6-18-17(10-15)19(24-23-18)13-3-2-4-16(9-13)27-21;1-3-5-7-6-4-2/h2-12H,21H2,1H3,(H,22,25)(H,23,24);3-7H2,1-2H3. The second-order valence-corrected chi connectivity index (χ2v) is 9.79. The number of aromatic amines is 1. The minimum absolute atomic E-state index is 0.0284. The molecule has 0 spiro atoms. The number of hydrogen-bond donors (Lipinski definition) is 3. The Morgan fingerprint density at radius 2 is 1.91 bits per heavy atom. The molecule has 5 nitrogen and oxygen atoms in total. The van der Waals surface area contributed by atoms with Gasteiger partial charge in [-0.3, -0.25) is 15.0 Å². The number of carbonyl (C=O) groups is 1. The lowest BCUT2D eigenvalue weighted by Gasteiger charge is -2.11. The third-order valence-electron chi connectivity index (χ3n) is 5.72. The maximum atomic E-state index is 12.6. The van der Waals surface area contributed by atoms with Crippen molar-refractivity contribution < 1.29 is 4.79 Å². The molecule has 4 aromatic rings. The molecule has 1 atom stereocenters. The Morgan fingerprint density at radius 3 is 2.59 bits per heavy atom. The van der Waals surface area contributed by atoms with Gasteiger partial charge in [0, 0.05) is 21.5 Å². The Bertz CT molecular complexity index is 1170. The van der Waals surface area contributed by atoms with Gasteiger partial charge in [0.25, 0.3) is 0 Å². The minimum Gasteiger partial charge on any atom is -0.326 e. The summed E-state index contributed by atoms with van der Waals surface area (Å²) in [5.74, 6) is -0.228. The first-order chi connectivity index (χ1) is 16.6. The van der Waals surface area contributed by atoms with Crippen molar-refractivity contribution in [2.75, 3.05) is 5.32 Å². The zero-order valence-corrected chi connectivity index (χ0v) is 21.8. The van der Waals surface area contributed by atoms with Crippen LogP contribution in [0.4, 0.5) is 5.69 Å². The summed E-state index contributed by atoms with van der Waals surface area (Å²) >= 11 is 2.80. The molecule has 0 aliphatic carbocycles. The topological polar surface area (TPSA) is 83.8 Å². The first kappa shape index (κ1) is 26.0. The highest BCUT2D eigenvalue weighted by Crippen LogP contribution is 2.30. The summed E-state index contributed by atoms with van der Waals surface area (Å²) < 4.78 is 0. The molecule has 0 aliphatic rings. The van der Waals surface area contributed by atoms with Crippen molar-refractivity contribution in [2.45, 2.75) is 63.7 Å². The first-order valence-corrected chi connectivity index (χ1v) is 13.7. The van der Waals surface area contributed by atoms with Crippen molar-refractivity contribution in [3.8, 4) is 11.3 Å². The maximum absolute atomic E-state index is 12.6. The van der Waals surface area contributed by atoms with Crippen molar-refractivity contribution in [1.29, 1.82) is 0 Å². The van der Waals surface area contributed by atoms with Crippen LogP contribution < -0.4 is 10.5 Å². The normalized spacial score (nSPS) is 11.6. The number of nitrogens with one attached hydrogen (secondary N) is 2. The van der Waals surface area contributed by atoms with Crippen molar-refractivity contribution >= 4 is 45.8 Å². The number of unbranched alkanes of at least 4 members (excludes halogenated alkanes) is 4. The molecule has 4 rings (SSSR count). The number of nitrogens with two attached hydrogens (primary N) is 1. The van der Waals surface area contributed by atoms with E-state index in [2.05, 4.69) is 29.4 Å². The van der Waals surface area contributed by atoms with Crippen LogP contribution in [0.25, 0.3) is 22.2 Å². The number of hydrogen-bond acceptors (Lipinski definition) is 5. The number of thiophene rings is 1. The zero-order valence-electron chi connectivity index (χ0n) is 20.1. The molecule has 0 aliphatic heterocycles. The van der Waals surface area contributed by atoms with Gasteiger partial charge in [-0.05, 0) is 71.6 Å². The average Bonchev–Trinajstić information content (AvgIpc) is 3.54. The van der Waals surface area contributed by atoms with Crippen LogP contribution in [0.3, 0.4) is 0 Å². The van der Waals surface area contributed by atoms with E-state index in [1.807, 2.05) is 66.2 Å². The monoisotopic (exact) mass is 494 g/mol. The van der Waals surface area contributed by atoms with E-state index in [9.17, 15) is 4.79 Å².